The van der Waals surface area contributed by atoms with Crippen molar-refractivity contribution in [3.05, 3.63) is 107 Å². The van der Waals surface area contributed by atoms with Gasteiger partial charge in [-0.15, -0.1) is 0 Å². The summed E-state index contributed by atoms with van der Waals surface area (Å²) < 4.78 is 11.6. The van der Waals surface area contributed by atoms with Crippen LogP contribution >= 0.6 is 11.6 Å². The van der Waals surface area contributed by atoms with Crippen LogP contribution in [-0.2, 0) is 16.1 Å². The number of benzene rings is 4. The molecule has 0 saturated heterocycles. The number of amides is 2. The van der Waals surface area contributed by atoms with E-state index in [2.05, 4.69) is 10.6 Å². The molecular formula is C34H33ClN2O6. The number of alkyl carbamates (subject to hydrolysis) is 1. The first kappa shape index (κ1) is 31.1. The van der Waals surface area contributed by atoms with Crippen molar-refractivity contribution in [1.82, 2.24) is 10.6 Å². The summed E-state index contributed by atoms with van der Waals surface area (Å²) in [6.07, 6.45) is -0.530. The van der Waals surface area contributed by atoms with Crippen molar-refractivity contribution < 1.29 is 29.0 Å². The molecule has 0 aromatic heterocycles. The second-order valence-corrected chi connectivity index (χ2v) is 11.3. The lowest BCUT2D eigenvalue weighted by molar-refractivity contribution is -0.138. The third-order valence-electron chi connectivity index (χ3n) is 6.29. The van der Waals surface area contributed by atoms with Crippen LogP contribution in [0.3, 0.4) is 0 Å². The van der Waals surface area contributed by atoms with Crippen LogP contribution in [0.5, 0.6) is 11.5 Å². The van der Waals surface area contributed by atoms with Crippen molar-refractivity contribution in [2.45, 2.75) is 45.9 Å². The molecule has 1 unspecified atom stereocenters. The summed E-state index contributed by atoms with van der Waals surface area (Å²) in [5.74, 6) is -0.819. The molecule has 0 radical (unpaired) electrons. The molecule has 0 saturated carbocycles. The van der Waals surface area contributed by atoms with Crippen LogP contribution in [0.4, 0.5) is 4.79 Å². The van der Waals surface area contributed by atoms with E-state index < -0.39 is 29.6 Å². The van der Waals surface area contributed by atoms with Gasteiger partial charge in [0.1, 0.15) is 23.1 Å². The summed E-state index contributed by atoms with van der Waals surface area (Å²) in [5, 5.41) is 15.1. The zero-order chi connectivity index (χ0) is 31.1. The third kappa shape index (κ3) is 8.59. The Morgan fingerprint density at radius 1 is 0.860 bits per heavy atom. The van der Waals surface area contributed by atoms with Gasteiger partial charge >= 0.3 is 12.1 Å². The topological polar surface area (TPSA) is 114 Å². The molecule has 4 aromatic carbocycles. The number of carbonyl (C=O) groups excluding carboxylic acids is 2. The second-order valence-electron chi connectivity index (χ2n) is 10.9. The highest BCUT2D eigenvalue weighted by Crippen LogP contribution is 2.39. The largest absolute Gasteiger partial charge is 0.480 e. The monoisotopic (exact) mass is 600 g/mol. The van der Waals surface area contributed by atoms with E-state index in [0.717, 1.165) is 16.7 Å². The van der Waals surface area contributed by atoms with Crippen LogP contribution in [0.2, 0.25) is 5.02 Å². The molecule has 3 N–H and O–H groups in total. The molecule has 8 nitrogen and oxygen atoms in total. The van der Waals surface area contributed by atoms with E-state index >= 15 is 0 Å². The molecule has 0 aliphatic rings. The molecule has 0 heterocycles. The minimum atomic E-state index is -1.15. The van der Waals surface area contributed by atoms with E-state index in [-0.39, 0.29) is 12.1 Å². The Hall–Kier alpha value is -4.82. The summed E-state index contributed by atoms with van der Waals surface area (Å²) in [7, 11) is 0. The maximum atomic E-state index is 13.3. The van der Waals surface area contributed by atoms with Gasteiger partial charge in [-0.1, -0.05) is 60.1 Å². The Balaban J connectivity index is 1.71. The van der Waals surface area contributed by atoms with Gasteiger partial charge in [0, 0.05) is 28.8 Å². The van der Waals surface area contributed by atoms with Crippen molar-refractivity contribution in [1.29, 1.82) is 0 Å². The number of carboxylic acid groups (broad SMARTS) is 1. The zero-order valence-corrected chi connectivity index (χ0v) is 25.1. The van der Waals surface area contributed by atoms with Gasteiger partial charge in [-0.2, -0.15) is 0 Å². The van der Waals surface area contributed by atoms with Gasteiger partial charge in [0.25, 0.3) is 5.91 Å². The number of nitrogens with one attached hydrogen (secondary N) is 2. The molecular weight excluding hydrogens is 568 g/mol. The molecule has 1 atom stereocenters. The van der Waals surface area contributed by atoms with Gasteiger partial charge in [0.05, 0.1) is 0 Å². The summed E-state index contributed by atoms with van der Waals surface area (Å²) in [5.41, 5.74) is 3.34. The summed E-state index contributed by atoms with van der Waals surface area (Å²) >= 11 is 6.39. The van der Waals surface area contributed by atoms with Crippen LogP contribution in [0.1, 0.15) is 43.6 Å². The Labute approximate surface area is 255 Å². The third-order valence-corrected chi connectivity index (χ3v) is 6.52. The highest BCUT2D eigenvalue weighted by Gasteiger charge is 2.22. The van der Waals surface area contributed by atoms with Crippen LogP contribution in [0.15, 0.2) is 91.0 Å². The Kier molecular flexibility index (Phi) is 9.73. The number of hydrogen-bond donors (Lipinski definition) is 3. The smallest absolute Gasteiger partial charge is 0.407 e. The van der Waals surface area contributed by atoms with E-state index in [1.807, 2.05) is 48.5 Å². The van der Waals surface area contributed by atoms with E-state index in [4.69, 9.17) is 21.1 Å². The zero-order valence-electron chi connectivity index (χ0n) is 24.3. The molecule has 222 valence electrons. The van der Waals surface area contributed by atoms with E-state index in [9.17, 15) is 19.5 Å². The van der Waals surface area contributed by atoms with E-state index in [1.165, 1.54) is 6.92 Å². The quantitative estimate of drug-likeness (QED) is 0.181. The SMILES string of the molecule is CC(NC(=O)c1ccc(-c2ccccc2)cc1-c1ccc(Cl)cc1Oc1cccc(CNC(=O)OC(C)(C)C)c1)C(=O)O. The van der Waals surface area contributed by atoms with E-state index in [1.54, 1.807) is 63.2 Å². The fraction of sp³-hybridized carbons (Fsp3) is 0.206. The van der Waals surface area contributed by atoms with Crippen molar-refractivity contribution in [3.8, 4) is 33.8 Å². The minimum absolute atomic E-state index is 0.222. The number of hydrogen-bond acceptors (Lipinski definition) is 5. The molecule has 0 aliphatic carbocycles. The normalized spacial score (nSPS) is 11.7. The van der Waals surface area contributed by atoms with Crippen molar-refractivity contribution in [2.24, 2.45) is 0 Å². The first-order valence-corrected chi connectivity index (χ1v) is 14.0. The second kappa shape index (κ2) is 13.4. The van der Waals surface area contributed by atoms with Crippen LogP contribution in [0.25, 0.3) is 22.3 Å². The molecule has 0 spiro atoms. The minimum Gasteiger partial charge on any atom is -0.480 e. The van der Waals surface area contributed by atoms with Gasteiger partial charge in [0.2, 0.25) is 0 Å². The lowest BCUT2D eigenvalue weighted by Crippen LogP contribution is -2.38. The van der Waals surface area contributed by atoms with Gasteiger partial charge in [0.15, 0.2) is 0 Å². The lowest BCUT2D eigenvalue weighted by atomic mass is 9.93. The highest BCUT2D eigenvalue weighted by atomic mass is 35.5. The first-order valence-electron chi connectivity index (χ1n) is 13.7. The maximum absolute atomic E-state index is 13.3. The Morgan fingerprint density at radius 3 is 2.30 bits per heavy atom. The standard InChI is InChI=1S/C34H33ClN2O6/c1-21(32(39)40)37-31(38)28-15-13-24(23-10-6-5-7-11-23)18-29(28)27-16-14-25(35)19-30(27)42-26-12-8-9-22(17-26)20-36-33(41)43-34(2,3)4/h5-19,21H,20H2,1-4H3,(H,36,41)(H,37,38)(H,39,40). The van der Waals surface area contributed by atoms with E-state index in [0.29, 0.717) is 27.6 Å². The molecule has 0 fully saturated rings. The molecule has 43 heavy (non-hydrogen) atoms. The summed E-state index contributed by atoms with van der Waals surface area (Å²) in [6, 6.07) is 26.2. The number of carbonyl (C=O) groups is 3. The van der Waals surface area contributed by atoms with Crippen LogP contribution < -0.4 is 15.4 Å². The molecule has 4 aromatic rings. The average Bonchev–Trinajstić information content (AvgIpc) is 2.95. The van der Waals surface area contributed by atoms with Crippen LogP contribution in [-0.4, -0.2) is 34.7 Å². The molecule has 0 bridgehead atoms. The summed E-state index contributed by atoms with van der Waals surface area (Å²) in [6.45, 7) is 7.00. The predicted octanol–water partition coefficient (Wildman–Crippen LogP) is 7.69. The molecule has 0 aliphatic heterocycles. The van der Waals surface area contributed by atoms with Crippen molar-refractivity contribution >= 4 is 29.6 Å². The number of rotatable bonds is 9. The Bertz CT molecular complexity index is 1630. The van der Waals surface area contributed by atoms with Gasteiger partial charge in [-0.3, -0.25) is 9.59 Å². The van der Waals surface area contributed by atoms with Gasteiger partial charge < -0.3 is 25.2 Å². The van der Waals surface area contributed by atoms with Gasteiger partial charge in [-0.05, 0) is 86.3 Å². The first-order chi connectivity index (χ1) is 20.4. The van der Waals surface area contributed by atoms with Crippen molar-refractivity contribution in [2.75, 3.05) is 0 Å². The fourth-order valence-corrected chi connectivity index (χ4v) is 4.41. The fourth-order valence-electron chi connectivity index (χ4n) is 4.25. The highest BCUT2D eigenvalue weighted by molar-refractivity contribution is 6.30. The number of aliphatic carboxylic acids is 1. The summed E-state index contributed by atoms with van der Waals surface area (Å²) in [4.78, 5) is 36.9. The van der Waals surface area contributed by atoms with Gasteiger partial charge in [-0.25, -0.2) is 4.79 Å². The lowest BCUT2D eigenvalue weighted by Gasteiger charge is -2.20. The average molecular weight is 601 g/mol. The number of carboxylic acids is 1. The molecule has 2 amide bonds. The van der Waals surface area contributed by atoms with Crippen molar-refractivity contribution in [3.63, 3.8) is 0 Å². The predicted molar refractivity (Wildman–Crippen MR) is 166 cm³/mol. The molecule has 9 heteroatoms. The Morgan fingerprint density at radius 2 is 1.60 bits per heavy atom. The molecule has 4 rings (SSSR count). The number of ether oxygens (including phenoxy) is 2. The van der Waals surface area contributed by atoms with Crippen LogP contribution in [0, 0.1) is 0 Å². The number of halogens is 1. The maximum Gasteiger partial charge on any atom is 0.407 e.